The van der Waals surface area contributed by atoms with Gasteiger partial charge < -0.3 is 16.0 Å². The molecule has 0 aliphatic rings. The zero-order chi connectivity index (χ0) is 15.4. The fourth-order valence-electron chi connectivity index (χ4n) is 1.86. The first kappa shape index (κ1) is 15.0. The van der Waals surface area contributed by atoms with Gasteiger partial charge in [0.25, 0.3) is 0 Å². The Bertz CT molecular complexity index is 592. The van der Waals surface area contributed by atoms with Gasteiger partial charge in [0.1, 0.15) is 0 Å². The molecular weight excluding hydrogens is 264 g/mol. The Morgan fingerprint density at radius 3 is 2.33 bits per heavy atom. The summed E-state index contributed by atoms with van der Waals surface area (Å²) in [6.45, 7) is 5.02. The molecule has 2 aromatic rings. The molecule has 0 saturated heterocycles. The monoisotopic (exact) mass is 286 g/mol. The number of benzene rings is 1. The van der Waals surface area contributed by atoms with Gasteiger partial charge in [-0.1, -0.05) is 38.1 Å². The molecule has 1 heterocycles. The van der Waals surface area contributed by atoms with Crippen molar-refractivity contribution in [1.29, 1.82) is 0 Å². The number of hydrogen-bond acceptors (Lipinski definition) is 6. The first-order chi connectivity index (χ1) is 9.95. The first-order valence-corrected chi connectivity index (χ1v) is 6.97. The minimum atomic E-state index is 0.214. The van der Waals surface area contributed by atoms with Crippen LogP contribution in [0, 0.1) is 0 Å². The van der Waals surface area contributed by atoms with Crippen molar-refractivity contribution in [2.75, 3.05) is 30.0 Å². The Morgan fingerprint density at radius 2 is 1.76 bits per heavy atom. The van der Waals surface area contributed by atoms with Crippen LogP contribution < -0.4 is 16.0 Å². The Kier molecular flexibility index (Phi) is 4.57. The van der Waals surface area contributed by atoms with E-state index in [2.05, 4.69) is 58.4 Å². The van der Waals surface area contributed by atoms with Crippen LogP contribution in [-0.4, -0.2) is 29.0 Å². The first-order valence-electron chi connectivity index (χ1n) is 6.97. The molecule has 0 unspecified atom stereocenters. The molecule has 21 heavy (non-hydrogen) atoms. The van der Waals surface area contributed by atoms with Crippen LogP contribution >= 0.6 is 0 Å². The number of nitrogen functional groups attached to an aromatic ring is 1. The van der Waals surface area contributed by atoms with E-state index < -0.39 is 0 Å². The third kappa shape index (κ3) is 4.05. The molecule has 2 rings (SSSR count). The minimum Gasteiger partial charge on any atom is -0.368 e. The second-order valence-corrected chi connectivity index (χ2v) is 5.46. The summed E-state index contributed by atoms with van der Waals surface area (Å²) in [5, 5.41) is 3.18. The third-order valence-electron chi connectivity index (χ3n) is 3.14. The number of nitrogens with one attached hydrogen (secondary N) is 1. The summed E-state index contributed by atoms with van der Waals surface area (Å²) in [4.78, 5) is 14.3. The molecule has 0 amide bonds. The highest BCUT2D eigenvalue weighted by atomic mass is 15.3. The maximum absolute atomic E-state index is 5.69. The fraction of sp³-hybridized carbons (Fsp3) is 0.400. The van der Waals surface area contributed by atoms with Gasteiger partial charge in [-0.05, 0) is 17.0 Å². The molecule has 6 heteroatoms. The van der Waals surface area contributed by atoms with Crippen molar-refractivity contribution in [3.63, 3.8) is 0 Å². The zero-order valence-corrected chi connectivity index (χ0v) is 13.0. The average molecular weight is 286 g/mol. The van der Waals surface area contributed by atoms with Gasteiger partial charge in [-0.2, -0.15) is 15.0 Å². The lowest BCUT2D eigenvalue weighted by molar-refractivity contribution is 0.865. The fourth-order valence-corrected chi connectivity index (χ4v) is 1.86. The van der Waals surface area contributed by atoms with Crippen LogP contribution in [0.5, 0.6) is 0 Å². The van der Waals surface area contributed by atoms with Gasteiger partial charge in [-0.15, -0.1) is 0 Å². The normalized spacial score (nSPS) is 10.7. The number of nitrogens with two attached hydrogens (primary N) is 1. The molecule has 0 spiro atoms. The van der Waals surface area contributed by atoms with Crippen LogP contribution in [0.3, 0.4) is 0 Å². The van der Waals surface area contributed by atoms with Crippen molar-refractivity contribution in [2.45, 2.75) is 26.3 Å². The summed E-state index contributed by atoms with van der Waals surface area (Å²) in [7, 11) is 3.73. The molecule has 1 aromatic heterocycles. The second-order valence-electron chi connectivity index (χ2n) is 5.46. The highest BCUT2D eigenvalue weighted by molar-refractivity contribution is 5.41. The van der Waals surface area contributed by atoms with Gasteiger partial charge in [0.05, 0.1) is 0 Å². The minimum absolute atomic E-state index is 0.214. The summed E-state index contributed by atoms with van der Waals surface area (Å²) in [5.74, 6) is 1.78. The molecule has 0 atom stereocenters. The smallest absolute Gasteiger partial charge is 0.231 e. The van der Waals surface area contributed by atoms with Gasteiger partial charge >= 0.3 is 0 Å². The van der Waals surface area contributed by atoms with E-state index in [1.807, 2.05) is 14.1 Å². The SMILES string of the molecule is CC(C)c1ccc(CNc2nc(N)nc(N(C)C)n2)cc1. The van der Waals surface area contributed by atoms with E-state index in [-0.39, 0.29) is 5.95 Å². The molecule has 3 N–H and O–H groups in total. The standard InChI is InChI=1S/C15H22N6/c1-10(2)12-7-5-11(6-8-12)9-17-14-18-13(16)19-15(20-14)21(3)4/h5-8,10H,9H2,1-4H3,(H3,16,17,18,19,20). The summed E-state index contributed by atoms with van der Waals surface area (Å²) in [6.07, 6.45) is 0. The second kappa shape index (κ2) is 6.39. The quantitative estimate of drug-likeness (QED) is 0.877. The molecular formula is C15H22N6. The lowest BCUT2D eigenvalue weighted by atomic mass is 10.0. The lowest BCUT2D eigenvalue weighted by Crippen LogP contribution is -2.16. The number of rotatable bonds is 5. The van der Waals surface area contributed by atoms with Crippen LogP contribution in [0.1, 0.15) is 30.9 Å². The molecule has 0 saturated carbocycles. The van der Waals surface area contributed by atoms with Gasteiger partial charge in [-0.3, -0.25) is 0 Å². The van der Waals surface area contributed by atoms with Crippen molar-refractivity contribution in [2.24, 2.45) is 0 Å². The van der Waals surface area contributed by atoms with Crippen molar-refractivity contribution in [1.82, 2.24) is 15.0 Å². The topological polar surface area (TPSA) is 80.0 Å². The third-order valence-corrected chi connectivity index (χ3v) is 3.14. The van der Waals surface area contributed by atoms with E-state index in [9.17, 15) is 0 Å². The molecule has 0 radical (unpaired) electrons. The maximum atomic E-state index is 5.69. The van der Waals surface area contributed by atoms with Crippen molar-refractivity contribution < 1.29 is 0 Å². The molecule has 0 aliphatic heterocycles. The number of nitrogens with zero attached hydrogens (tertiary/aromatic N) is 4. The highest BCUT2D eigenvalue weighted by Crippen LogP contribution is 2.15. The van der Waals surface area contributed by atoms with Gasteiger partial charge in [0, 0.05) is 20.6 Å². The Balaban J connectivity index is 2.05. The predicted molar refractivity (Wildman–Crippen MR) is 86.4 cm³/mol. The van der Waals surface area contributed by atoms with Crippen LogP contribution in [0.4, 0.5) is 17.8 Å². The Labute approximate surface area is 125 Å². The summed E-state index contributed by atoms with van der Waals surface area (Å²) >= 11 is 0. The number of hydrogen-bond donors (Lipinski definition) is 2. The van der Waals surface area contributed by atoms with Crippen molar-refractivity contribution in [3.8, 4) is 0 Å². The summed E-state index contributed by atoms with van der Waals surface area (Å²) in [5.41, 5.74) is 8.19. The Morgan fingerprint density at radius 1 is 1.10 bits per heavy atom. The average Bonchev–Trinajstić information content (AvgIpc) is 2.45. The van der Waals surface area contributed by atoms with E-state index >= 15 is 0 Å². The van der Waals surface area contributed by atoms with Crippen LogP contribution in [0.25, 0.3) is 0 Å². The van der Waals surface area contributed by atoms with Gasteiger partial charge in [0.2, 0.25) is 17.8 Å². The van der Waals surface area contributed by atoms with E-state index in [0.29, 0.717) is 24.4 Å². The highest BCUT2D eigenvalue weighted by Gasteiger charge is 2.06. The maximum Gasteiger partial charge on any atom is 0.231 e. The van der Waals surface area contributed by atoms with Crippen molar-refractivity contribution >= 4 is 17.8 Å². The lowest BCUT2D eigenvalue weighted by Gasteiger charge is -2.12. The van der Waals surface area contributed by atoms with E-state index in [1.54, 1.807) is 4.90 Å². The molecule has 0 fully saturated rings. The number of anilines is 3. The van der Waals surface area contributed by atoms with Gasteiger partial charge in [-0.25, -0.2) is 0 Å². The van der Waals surface area contributed by atoms with E-state index in [0.717, 1.165) is 0 Å². The Hall–Kier alpha value is -2.37. The molecule has 6 nitrogen and oxygen atoms in total. The number of aromatic nitrogens is 3. The molecule has 1 aromatic carbocycles. The van der Waals surface area contributed by atoms with Gasteiger partial charge in [0.15, 0.2) is 0 Å². The van der Waals surface area contributed by atoms with Crippen LogP contribution in [0.15, 0.2) is 24.3 Å². The van der Waals surface area contributed by atoms with E-state index in [4.69, 9.17) is 5.73 Å². The predicted octanol–water partition coefficient (Wildman–Crippen LogP) is 2.26. The largest absolute Gasteiger partial charge is 0.368 e. The van der Waals surface area contributed by atoms with Crippen LogP contribution in [0.2, 0.25) is 0 Å². The molecule has 0 aliphatic carbocycles. The zero-order valence-electron chi connectivity index (χ0n) is 13.0. The van der Waals surface area contributed by atoms with E-state index in [1.165, 1.54) is 11.1 Å². The summed E-state index contributed by atoms with van der Waals surface area (Å²) in [6, 6.07) is 8.52. The van der Waals surface area contributed by atoms with Crippen molar-refractivity contribution in [3.05, 3.63) is 35.4 Å². The molecule has 112 valence electrons. The summed E-state index contributed by atoms with van der Waals surface area (Å²) < 4.78 is 0. The molecule has 0 bridgehead atoms. The van der Waals surface area contributed by atoms with Crippen LogP contribution in [-0.2, 0) is 6.54 Å².